The number of nitrogens with one attached hydrogen (secondary N) is 2. The van der Waals surface area contributed by atoms with Gasteiger partial charge in [0, 0.05) is 10.6 Å². The van der Waals surface area contributed by atoms with E-state index in [0.717, 1.165) is 4.70 Å². The number of alkyl halides is 3. The zero-order valence-electron chi connectivity index (χ0n) is 13.8. The number of hydrogen-bond donors (Lipinski definition) is 2. The van der Waals surface area contributed by atoms with Gasteiger partial charge >= 0.3 is 6.18 Å². The lowest BCUT2D eigenvalue weighted by atomic mass is 10.0. The fourth-order valence-electron chi connectivity index (χ4n) is 2.67. The number of carbonyl (C=O) groups is 1. The summed E-state index contributed by atoms with van der Waals surface area (Å²) in [6, 6.07) is 13.1. The van der Waals surface area contributed by atoms with Crippen LogP contribution in [0.2, 0.25) is 5.02 Å². The van der Waals surface area contributed by atoms with Crippen molar-refractivity contribution in [2.75, 3.05) is 5.32 Å². The van der Waals surface area contributed by atoms with E-state index in [4.69, 9.17) is 11.6 Å². The molecule has 0 fully saturated rings. The first-order chi connectivity index (χ1) is 13.3. The summed E-state index contributed by atoms with van der Waals surface area (Å²) >= 11 is 7.00. The number of benzene rings is 2. The number of hydrogen-bond acceptors (Lipinski definition) is 4. The molecule has 0 saturated carbocycles. The summed E-state index contributed by atoms with van der Waals surface area (Å²) in [5.74, 6) is -0.954. The number of thiazole rings is 1. The Morgan fingerprint density at radius 2 is 1.82 bits per heavy atom. The fraction of sp³-hybridized carbons (Fsp3) is 0.0556. The van der Waals surface area contributed by atoms with Crippen molar-refractivity contribution in [3.63, 3.8) is 0 Å². The molecule has 5 nitrogen and oxygen atoms in total. The normalized spacial score (nSPS) is 11.7. The lowest BCUT2D eigenvalue weighted by Crippen LogP contribution is -2.18. The largest absolute Gasteiger partial charge is 0.433 e. The zero-order valence-corrected chi connectivity index (χ0v) is 15.4. The Labute approximate surface area is 165 Å². The van der Waals surface area contributed by atoms with Gasteiger partial charge in [-0.1, -0.05) is 47.2 Å². The van der Waals surface area contributed by atoms with E-state index in [1.165, 1.54) is 35.6 Å². The molecule has 142 valence electrons. The molecule has 0 aliphatic rings. The van der Waals surface area contributed by atoms with Gasteiger partial charge in [0.05, 0.1) is 15.8 Å². The van der Waals surface area contributed by atoms with Crippen molar-refractivity contribution in [1.29, 1.82) is 0 Å². The van der Waals surface area contributed by atoms with E-state index in [-0.39, 0.29) is 10.8 Å². The zero-order chi connectivity index (χ0) is 19.9. The highest BCUT2D eigenvalue weighted by Gasteiger charge is 2.40. The molecule has 4 rings (SSSR count). The number of amides is 1. The highest BCUT2D eigenvalue weighted by atomic mass is 35.5. The second-order valence-electron chi connectivity index (χ2n) is 5.77. The van der Waals surface area contributed by atoms with E-state index in [2.05, 4.69) is 15.4 Å². The third-order valence-electron chi connectivity index (χ3n) is 3.91. The van der Waals surface area contributed by atoms with Crippen molar-refractivity contribution in [3.8, 4) is 11.3 Å². The first kappa shape index (κ1) is 18.5. The number of aromatic nitrogens is 3. The molecule has 2 N–H and O–H groups in total. The minimum Gasteiger partial charge on any atom is -0.298 e. The van der Waals surface area contributed by atoms with Crippen molar-refractivity contribution in [2.24, 2.45) is 0 Å². The van der Waals surface area contributed by atoms with Crippen LogP contribution in [0, 0.1) is 0 Å². The molecule has 0 radical (unpaired) electrons. The Morgan fingerprint density at radius 1 is 1.11 bits per heavy atom. The van der Waals surface area contributed by atoms with E-state index < -0.39 is 23.3 Å². The van der Waals surface area contributed by atoms with Crippen molar-refractivity contribution in [1.82, 2.24) is 15.2 Å². The molecule has 0 atom stereocenters. The highest BCUT2D eigenvalue weighted by Crippen LogP contribution is 2.36. The monoisotopic (exact) mass is 422 g/mol. The summed E-state index contributed by atoms with van der Waals surface area (Å²) in [5.41, 5.74) is -0.984. The maximum atomic E-state index is 13.4. The van der Waals surface area contributed by atoms with Crippen LogP contribution in [0.25, 0.3) is 21.5 Å². The van der Waals surface area contributed by atoms with Gasteiger partial charge in [0.2, 0.25) is 0 Å². The molecule has 0 aliphatic carbocycles. The maximum absolute atomic E-state index is 13.4. The van der Waals surface area contributed by atoms with Gasteiger partial charge in [-0.15, -0.1) is 0 Å². The standard InChI is InChI=1S/C18H10ClF3N4OS/c19-10-7-5-9(6-8-10)14-13(15(26-25-14)18(20,21)22)16(27)24-17-23-11-3-1-2-4-12(11)28-17/h1-8H,(H,25,26)(H,23,24,27). The van der Waals surface area contributed by atoms with Gasteiger partial charge in [-0.05, 0) is 24.3 Å². The third kappa shape index (κ3) is 3.46. The molecule has 0 aliphatic heterocycles. The second-order valence-corrected chi connectivity index (χ2v) is 7.23. The molecule has 2 aromatic heterocycles. The molecule has 4 aromatic rings. The summed E-state index contributed by atoms with van der Waals surface area (Å²) in [6.07, 6.45) is -4.78. The molecule has 0 bridgehead atoms. The van der Waals surface area contributed by atoms with E-state index in [9.17, 15) is 18.0 Å². The average molecular weight is 423 g/mol. The van der Waals surface area contributed by atoms with Crippen LogP contribution >= 0.6 is 22.9 Å². The number of fused-ring (bicyclic) bond motifs is 1. The molecule has 1 amide bonds. The van der Waals surface area contributed by atoms with Gasteiger partial charge in [0.25, 0.3) is 5.91 Å². The number of halogens is 4. The highest BCUT2D eigenvalue weighted by molar-refractivity contribution is 7.22. The summed E-state index contributed by atoms with van der Waals surface area (Å²) in [7, 11) is 0. The third-order valence-corrected chi connectivity index (χ3v) is 5.11. The molecule has 10 heteroatoms. The summed E-state index contributed by atoms with van der Waals surface area (Å²) < 4.78 is 41.1. The number of H-pyrrole nitrogens is 1. The first-order valence-corrected chi connectivity index (χ1v) is 9.11. The van der Waals surface area contributed by atoms with Crippen molar-refractivity contribution < 1.29 is 18.0 Å². The molecule has 28 heavy (non-hydrogen) atoms. The lowest BCUT2D eigenvalue weighted by molar-refractivity contribution is -0.141. The predicted molar refractivity (Wildman–Crippen MR) is 102 cm³/mol. The molecule has 2 heterocycles. The molecule has 2 aromatic carbocycles. The van der Waals surface area contributed by atoms with Crippen LogP contribution in [0.5, 0.6) is 0 Å². The van der Waals surface area contributed by atoms with Gasteiger partial charge in [0.15, 0.2) is 10.8 Å². The van der Waals surface area contributed by atoms with Crippen molar-refractivity contribution in [2.45, 2.75) is 6.18 Å². The Morgan fingerprint density at radius 3 is 2.50 bits per heavy atom. The lowest BCUT2D eigenvalue weighted by Gasteiger charge is -2.08. The van der Waals surface area contributed by atoms with Gasteiger partial charge in [-0.25, -0.2) is 4.98 Å². The average Bonchev–Trinajstić information content (AvgIpc) is 3.25. The maximum Gasteiger partial charge on any atom is 0.433 e. The Hall–Kier alpha value is -2.91. The quantitative estimate of drug-likeness (QED) is 0.450. The number of rotatable bonds is 3. The SMILES string of the molecule is O=C(Nc1nc2ccccc2s1)c1c(-c2ccc(Cl)cc2)n[nH]c1C(F)(F)F. The predicted octanol–water partition coefficient (Wildman–Crippen LogP) is 5.61. The minimum atomic E-state index is -4.78. The van der Waals surface area contributed by atoms with Gasteiger partial charge < -0.3 is 0 Å². The van der Waals surface area contributed by atoms with Crippen LogP contribution in [0.4, 0.5) is 18.3 Å². The molecule has 0 unspecified atom stereocenters. The molecular weight excluding hydrogens is 413 g/mol. The van der Waals surface area contributed by atoms with Crippen LogP contribution in [0.3, 0.4) is 0 Å². The number of carbonyl (C=O) groups excluding carboxylic acids is 1. The minimum absolute atomic E-state index is 0.123. The van der Waals surface area contributed by atoms with Gasteiger partial charge in [-0.2, -0.15) is 18.3 Å². The van der Waals surface area contributed by atoms with Crippen LogP contribution in [0.1, 0.15) is 16.1 Å². The Bertz CT molecular complexity index is 1130. The number of nitrogens with zero attached hydrogens (tertiary/aromatic N) is 2. The Balaban J connectivity index is 1.76. The van der Waals surface area contributed by atoms with Gasteiger partial charge in [0.1, 0.15) is 5.69 Å². The fourth-order valence-corrected chi connectivity index (χ4v) is 3.66. The van der Waals surface area contributed by atoms with Crippen LogP contribution < -0.4 is 5.32 Å². The molecule has 0 spiro atoms. The topological polar surface area (TPSA) is 70.7 Å². The van der Waals surface area contributed by atoms with Crippen LogP contribution in [0.15, 0.2) is 48.5 Å². The van der Waals surface area contributed by atoms with Crippen molar-refractivity contribution >= 4 is 44.2 Å². The number of anilines is 1. The smallest absolute Gasteiger partial charge is 0.298 e. The van der Waals surface area contributed by atoms with Crippen LogP contribution in [-0.2, 0) is 6.18 Å². The second kappa shape index (κ2) is 6.92. The molecule has 0 saturated heterocycles. The summed E-state index contributed by atoms with van der Waals surface area (Å²) in [5, 5.41) is 8.72. The van der Waals surface area contributed by atoms with E-state index >= 15 is 0 Å². The van der Waals surface area contributed by atoms with E-state index in [1.807, 2.05) is 11.2 Å². The first-order valence-electron chi connectivity index (χ1n) is 7.91. The number of aromatic amines is 1. The van der Waals surface area contributed by atoms with Crippen LogP contribution in [-0.4, -0.2) is 21.1 Å². The van der Waals surface area contributed by atoms with Gasteiger partial charge in [-0.3, -0.25) is 15.2 Å². The number of para-hydroxylation sites is 1. The summed E-state index contributed by atoms with van der Waals surface area (Å²) in [6.45, 7) is 0. The van der Waals surface area contributed by atoms with E-state index in [0.29, 0.717) is 16.1 Å². The summed E-state index contributed by atoms with van der Waals surface area (Å²) in [4.78, 5) is 17.0. The molecular formula is C18H10ClF3N4OS. The van der Waals surface area contributed by atoms with E-state index in [1.54, 1.807) is 18.2 Å². The Kier molecular flexibility index (Phi) is 4.56. The van der Waals surface area contributed by atoms with Crippen molar-refractivity contribution in [3.05, 3.63) is 64.8 Å².